The van der Waals surface area contributed by atoms with Crippen LogP contribution in [-0.2, 0) is 6.54 Å². The van der Waals surface area contributed by atoms with Crippen LogP contribution < -0.4 is 5.32 Å². The smallest absolute Gasteiger partial charge is 0.270 e. The summed E-state index contributed by atoms with van der Waals surface area (Å²) in [5, 5.41) is 10.6. The zero-order valence-corrected chi connectivity index (χ0v) is 14.1. The molecule has 134 valence electrons. The Morgan fingerprint density at radius 3 is 2.96 bits per heavy atom. The van der Waals surface area contributed by atoms with E-state index in [1.165, 1.54) is 12.1 Å². The maximum atomic E-state index is 13.3. The van der Waals surface area contributed by atoms with Crippen LogP contribution in [0.15, 0.2) is 59.3 Å². The Hall–Kier alpha value is -3.74. The number of aromatic nitrogens is 3. The van der Waals surface area contributed by atoms with Gasteiger partial charge in [0.1, 0.15) is 17.3 Å². The highest BCUT2D eigenvalue weighted by Crippen LogP contribution is 2.19. The van der Waals surface area contributed by atoms with Gasteiger partial charge in [0.2, 0.25) is 0 Å². The van der Waals surface area contributed by atoms with Gasteiger partial charge < -0.3 is 9.73 Å². The first-order chi connectivity index (χ1) is 13.2. The van der Waals surface area contributed by atoms with Crippen LogP contribution >= 0.6 is 0 Å². The molecule has 27 heavy (non-hydrogen) atoms. The number of nitrogens with zero attached hydrogens (tertiary/aromatic N) is 2. The lowest BCUT2D eigenvalue weighted by atomic mass is 10.1. The summed E-state index contributed by atoms with van der Waals surface area (Å²) >= 11 is 0. The molecular formula is C20H15FN4O2. The molecule has 2 N–H and O–H groups in total. The number of aromatic amines is 1. The lowest BCUT2D eigenvalue weighted by Gasteiger charge is -2.02. The first-order valence-electron chi connectivity index (χ1n) is 8.27. The predicted molar refractivity (Wildman–Crippen MR) is 99.1 cm³/mol. The average Bonchev–Trinajstić information content (AvgIpc) is 3.34. The second-order valence-corrected chi connectivity index (χ2v) is 5.87. The Morgan fingerprint density at radius 2 is 2.15 bits per heavy atom. The molecule has 0 bridgehead atoms. The summed E-state index contributed by atoms with van der Waals surface area (Å²) in [4.78, 5) is 16.5. The van der Waals surface area contributed by atoms with E-state index in [0.29, 0.717) is 17.0 Å². The van der Waals surface area contributed by atoms with Crippen LogP contribution in [0.5, 0.6) is 0 Å². The molecule has 4 rings (SSSR count). The highest BCUT2D eigenvalue weighted by Gasteiger charge is 2.11. The quantitative estimate of drug-likeness (QED) is 0.566. The number of rotatable bonds is 5. The van der Waals surface area contributed by atoms with Gasteiger partial charge >= 0.3 is 0 Å². The van der Waals surface area contributed by atoms with Crippen molar-refractivity contribution in [2.24, 2.45) is 0 Å². The number of furan rings is 1. The third kappa shape index (κ3) is 3.77. The van der Waals surface area contributed by atoms with E-state index in [-0.39, 0.29) is 24.0 Å². The summed E-state index contributed by atoms with van der Waals surface area (Å²) in [6.07, 6.45) is 6.63. The Kier molecular flexibility index (Phi) is 4.49. The van der Waals surface area contributed by atoms with E-state index in [0.717, 1.165) is 10.9 Å². The number of benzene rings is 1. The fourth-order valence-corrected chi connectivity index (χ4v) is 2.64. The van der Waals surface area contributed by atoms with Crippen molar-refractivity contribution in [3.8, 4) is 0 Å². The van der Waals surface area contributed by atoms with Gasteiger partial charge in [-0.3, -0.25) is 9.89 Å². The van der Waals surface area contributed by atoms with Crippen LogP contribution in [0.2, 0.25) is 0 Å². The van der Waals surface area contributed by atoms with Crippen LogP contribution in [-0.4, -0.2) is 21.1 Å². The number of carbonyl (C=O) groups excluding carboxylic acids is 1. The van der Waals surface area contributed by atoms with Crippen LogP contribution in [0, 0.1) is 5.82 Å². The summed E-state index contributed by atoms with van der Waals surface area (Å²) in [5.74, 6) is 0.0461. The molecule has 0 saturated heterocycles. The van der Waals surface area contributed by atoms with Gasteiger partial charge in [-0.25, -0.2) is 9.37 Å². The second-order valence-electron chi connectivity index (χ2n) is 5.87. The number of amides is 1. The van der Waals surface area contributed by atoms with E-state index in [1.54, 1.807) is 54.9 Å². The molecule has 0 unspecified atom stereocenters. The SMILES string of the molecule is O=C(NCc1ccco1)c1cc2c(/C=C/c3cccc(F)c3)n[nH]c2cn1. The van der Waals surface area contributed by atoms with E-state index in [2.05, 4.69) is 20.5 Å². The van der Waals surface area contributed by atoms with Crippen LogP contribution in [0.1, 0.15) is 27.5 Å². The number of halogens is 1. The zero-order chi connectivity index (χ0) is 18.6. The van der Waals surface area contributed by atoms with Crippen molar-refractivity contribution in [1.82, 2.24) is 20.5 Å². The van der Waals surface area contributed by atoms with Gasteiger partial charge in [0.05, 0.1) is 30.2 Å². The lowest BCUT2D eigenvalue weighted by molar-refractivity contribution is 0.0943. The van der Waals surface area contributed by atoms with Gasteiger partial charge in [-0.2, -0.15) is 5.10 Å². The maximum Gasteiger partial charge on any atom is 0.270 e. The summed E-state index contributed by atoms with van der Waals surface area (Å²) in [6.45, 7) is 0.281. The van der Waals surface area contributed by atoms with Crippen molar-refractivity contribution in [1.29, 1.82) is 0 Å². The molecule has 0 fully saturated rings. The molecule has 0 spiro atoms. The number of fused-ring (bicyclic) bond motifs is 1. The lowest BCUT2D eigenvalue weighted by Crippen LogP contribution is -2.23. The maximum absolute atomic E-state index is 13.3. The second kappa shape index (κ2) is 7.25. The minimum atomic E-state index is -0.311. The Balaban J connectivity index is 1.56. The van der Waals surface area contributed by atoms with E-state index in [1.807, 2.05) is 0 Å². The van der Waals surface area contributed by atoms with E-state index < -0.39 is 0 Å². The molecule has 3 aromatic heterocycles. The largest absolute Gasteiger partial charge is 0.467 e. The topological polar surface area (TPSA) is 83.8 Å². The van der Waals surface area contributed by atoms with Crippen molar-refractivity contribution in [2.45, 2.75) is 6.54 Å². The summed E-state index contributed by atoms with van der Waals surface area (Å²) < 4.78 is 18.5. The monoisotopic (exact) mass is 362 g/mol. The van der Waals surface area contributed by atoms with Crippen LogP contribution in [0.25, 0.3) is 23.1 Å². The van der Waals surface area contributed by atoms with Gasteiger partial charge in [-0.05, 0) is 42.0 Å². The van der Waals surface area contributed by atoms with Gasteiger partial charge in [-0.1, -0.05) is 18.2 Å². The third-order valence-electron chi connectivity index (χ3n) is 3.99. The van der Waals surface area contributed by atoms with Crippen LogP contribution in [0.4, 0.5) is 4.39 Å². The highest BCUT2D eigenvalue weighted by molar-refractivity contribution is 5.97. The first-order valence-corrected chi connectivity index (χ1v) is 8.27. The molecule has 0 aliphatic heterocycles. The van der Waals surface area contributed by atoms with E-state index >= 15 is 0 Å². The predicted octanol–water partition coefficient (Wildman–Crippen LogP) is 3.79. The Morgan fingerprint density at radius 1 is 1.22 bits per heavy atom. The normalized spacial score (nSPS) is 11.3. The standard InChI is InChI=1S/C20H15FN4O2/c21-14-4-1-3-13(9-14)6-7-17-16-10-18(22-12-19(16)25-24-17)20(26)23-11-15-5-2-8-27-15/h1-10,12H,11H2,(H,23,26)(H,24,25)/b7-6+. The number of nitrogens with one attached hydrogen (secondary N) is 2. The molecule has 3 heterocycles. The molecule has 4 aromatic rings. The highest BCUT2D eigenvalue weighted by atomic mass is 19.1. The van der Waals surface area contributed by atoms with Gasteiger partial charge in [-0.15, -0.1) is 0 Å². The Bertz CT molecular complexity index is 1120. The molecule has 0 aliphatic carbocycles. The minimum Gasteiger partial charge on any atom is -0.467 e. The zero-order valence-electron chi connectivity index (χ0n) is 14.1. The summed E-state index contributed by atoms with van der Waals surface area (Å²) in [6, 6.07) is 11.5. The van der Waals surface area contributed by atoms with Crippen molar-refractivity contribution in [2.75, 3.05) is 0 Å². The number of hydrogen-bond donors (Lipinski definition) is 2. The van der Waals surface area contributed by atoms with Crippen LogP contribution in [0.3, 0.4) is 0 Å². The fourth-order valence-electron chi connectivity index (χ4n) is 2.64. The van der Waals surface area contributed by atoms with E-state index in [9.17, 15) is 9.18 Å². The van der Waals surface area contributed by atoms with Crippen molar-refractivity contribution < 1.29 is 13.6 Å². The number of hydrogen-bond acceptors (Lipinski definition) is 4. The average molecular weight is 362 g/mol. The molecule has 0 atom stereocenters. The first kappa shape index (κ1) is 16.7. The molecule has 0 saturated carbocycles. The molecule has 7 heteroatoms. The molecule has 0 radical (unpaired) electrons. The molecular weight excluding hydrogens is 347 g/mol. The molecule has 0 aliphatic rings. The van der Waals surface area contributed by atoms with Gasteiger partial charge in [0, 0.05) is 5.39 Å². The van der Waals surface area contributed by atoms with Gasteiger partial charge in [0.25, 0.3) is 5.91 Å². The summed E-state index contributed by atoms with van der Waals surface area (Å²) in [7, 11) is 0. The summed E-state index contributed by atoms with van der Waals surface area (Å²) in [5.41, 5.74) is 2.33. The third-order valence-corrected chi connectivity index (χ3v) is 3.99. The fraction of sp³-hybridized carbons (Fsp3) is 0.0500. The number of pyridine rings is 1. The van der Waals surface area contributed by atoms with Crippen molar-refractivity contribution >= 4 is 29.0 Å². The number of H-pyrrole nitrogens is 1. The molecule has 6 nitrogen and oxygen atoms in total. The minimum absolute atomic E-state index is 0.274. The number of carbonyl (C=O) groups is 1. The van der Waals surface area contributed by atoms with Crippen molar-refractivity contribution in [3.63, 3.8) is 0 Å². The molecule has 1 amide bonds. The molecule has 1 aromatic carbocycles. The van der Waals surface area contributed by atoms with E-state index in [4.69, 9.17) is 4.42 Å². The van der Waals surface area contributed by atoms with Crippen molar-refractivity contribution in [3.05, 3.63) is 83.5 Å². The van der Waals surface area contributed by atoms with Gasteiger partial charge in [0.15, 0.2) is 0 Å². The Labute approximate surface area is 153 Å².